The number of para-hydroxylation sites is 2. The highest BCUT2D eigenvalue weighted by molar-refractivity contribution is 5.51. The Balaban J connectivity index is 2.32. The van der Waals surface area contributed by atoms with Crippen molar-refractivity contribution in [2.45, 2.75) is 19.9 Å². The van der Waals surface area contributed by atoms with Crippen molar-refractivity contribution in [1.82, 2.24) is 20.1 Å². The van der Waals surface area contributed by atoms with E-state index in [1.807, 2.05) is 0 Å². The molecule has 0 bridgehead atoms. The van der Waals surface area contributed by atoms with E-state index in [9.17, 15) is 10.1 Å². The van der Waals surface area contributed by atoms with E-state index >= 15 is 0 Å². The third-order valence-corrected chi connectivity index (χ3v) is 2.63. The minimum atomic E-state index is -0.416. The molecule has 0 aliphatic carbocycles. The highest BCUT2D eigenvalue weighted by Gasteiger charge is 2.17. The molecule has 0 unspecified atom stereocenters. The Bertz CT molecular complexity index is 567. The minimum Gasteiger partial charge on any atom is -0.310 e. The van der Waals surface area contributed by atoms with Gasteiger partial charge in [-0.25, -0.2) is 9.67 Å². The molecule has 0 spiro atoms. The lowest BCUT2D eigenvalue weighted by Crippen LogP contribution is -2.18. The molecule has 1 heterocycles. The molecule has 7 heteroatoms. The summed E-state index contributed by atoms with van der Waals surface area (Å²) >= 11 is 0. The zero-order valence-corrected chi connectivity index (χ0v) is 10.6. The van der Waals surface area contributed by atoms with Crippen LogP contribution in [0.5, 0.6) is 0 Å². The van der Waals surface area contributed by atoms with Gasteiger partial charge in [0.25, 0.3) is 5.69 Å². The lowest BCUT2D eigenvalue weighted by Gasteiger charge is -2.07. The first kappa shape index (κ1) is 13.2. The summed E-state index contributed by atoms with van der Waals surface area (Å²) < 4.78 is 1.50. The fraction of sp³-hybridized carbons (Fsp3) is 0.333. The average Bonchev–Trinajstić information content (AvgIpc) is 2.87. The molecule has 0 saturated heterocycles. The van der Waals surface area contributed by atoms with Crippen LogP contribution in [-0.2, 0) is 6.54 Å². The Morgan fingerprint density at radius 3 is 2.95 bits per heavy atom. The van der Waals surface area contributed by atoms with Gasteiger partial charge in [-0.1, -0.05) is 19.1 Å². The highest BCUT2D eigenvalue weighted by atomic mass is 16.6. The van der Waals surface area contributed by atoms with Gasteiger partial charge in [0.1, 0.15) is 17.8 Å². The Morgan fingerprint density at radius 1 is 1.42 bits per heavy atom. The first-order valence-corrected chi connectivity index (χ1v) is 6.07. The van der Waals surface area contributed by atoms with E-state index < -0.39 is 4.92 Å². The minimum absolute atomic E-state index is 0.0183. The van der Waals surface area contributed by atoms with Gasteiger partial charge in [-0.05, 0) is 19.0 Å². The molecule has 0 saturated carbocycles. The molecule has 19 heavy (non-hydrogen) atoms. The Labute approximate surface area is 110 Å². The number of nitro groups is 1. The zero-order valence-electron chi connectivity index (χ0n) is 10.6. The number of nitro benzene ring substituents is 1. The summed E-state index contributed by atoms with van der Waals surface area (Å²) in [6, 6.07) is 6.50. The molecule has 0 atom stereocenters. The molecule has 1 aromatic carbocycles. The fourth-order valence-corrected chi connectivity index (χ4v) is 1.76. The number of rotatable bonds is 6. The molecule has 2 aromatic rings. The number of benzene rings is 1. The summed E-state index contributed by atoms with van der Waals surface area (Å²) in [5, 5.41) is 18.3. The summed E-state index contributed by atoms with van der Waals surface area (Å²) in [4.78, 5) is 14.7. The summed E-state index contributed by atoms with van der Waals surface area (Å²) in [6.07, 6.45) is 2.42. The van der Waals surface area contributed by atoms with E-state index in [-0.39, 0.29) is 5.69 Å². The maximum absolute atomic E-state index is 11.0. The van der Waals surface area contributed by atoms with Crippen molar-refractivity contribution in [3.8, 4) is 5.69 Å². The lowest BCUT2D eigenvalue weighted by atomic mass is 10.2. The third-order valence-electron chi connectivity index (χ3n) is 2.63. The molecule has 1 N–H and O–H groups in total. The van der Waals surface area contributed by atoms with E-state index in [1.54, 1.807) is 18.2 Å². The molecule has 7 nitrogen and oxygen atoms in total. The van der Waals surface area contributed by atoms with Gasteiger partial charge in [-0.3, -0.25) is 10.1 Å². The second kappa shape index (κ2) is 6.05. The first-order valence-electron chi connectivity index (χ1n) is 6.07. The Morgan fingerprint density at radius 2 is 2.21 bits per heavy atom. The molecule has 0 amide bonds. The van der Waals surface area contributed by atoms with E-state index in [1.165, 1.54) is 17.1 Å². The number of hydrogen-bond donors (Lipinski definition) is 1. The third kappa shape index (κ3) is 2.94. The second-order valence-electron chi connectivity index (χ2n) is 4.01. The van der Waals surface area contributed by atoms with E-state index in [4.69, 9.17) is 0 Å². The summed E-state index contributed by atoms with van der Waals surface area (Å²) in [5.41, 5.74) is 0.447. The van der Waals surface area contributed by atoms with Crippen molar-refractivity contribution in [2.24, 2.45) is 0 Å². The van der Waals surface area contributed by atoms with Crippen molar-refractivity contribution in [1.29, 1.82) is 0 Å². The Kier molecular flexibility index (Phi) is 4.19. The largest absolute Gasteiger partial charge is 0.310 e. The molecular weight excluding hydrogens is 246 g/mol. The normalized spacial score (nSPS) is 10.6. The van der Waals surface area contributed by atoms with E-state index in [2.05, 4.69) is 22.3 Å². The quantitative estimate of drug-likeness (QED) is 0.485. The van der Waals surface area contributed by atoms with Gasteiger partial charge in [0.2, 0.25) is 0 Å². The number of aromatic nitrogens is 3. The molecule has 2 rings (SSSR count). The molecule has 0 aliphatic heterocycles. The number of nitrogens with zero attached hydrogens (tertiary/aromatic N) is 4. The molecular formula is C12H15N5O2. The summed E-state index contributed by atoms with van der Waals surface area (Å²) in [7, 11) is 0. The van der Waals surface area contributed by atoms with Crippen molar-refractivity contribution in [3.63, 3.8) is 0 Å². The average molecular weight is 261 g/mol. The van der Waals surface area contributed by atoms with Gasteiger partial charge in [-0.15, -0.1) is 0 Å². The van der Waals surface area contributed by atoms with Gasteiger partial charge in [0, 0.05) is 6.07 Å². The number of nitrogens with one attached hydrogen (secondary N) is 1. The summed E-state index contributed by atoms with van der Waals surface area (Å²) in [6.45, 7) is 3.46. The van der Waals surface area contributed by atoms with E-state index in [0.29, 0.717) is 18.1 Å². The van der Waals surface area contributed by atoms with Crippen molar-refractivity contribution in [3.05, 3.63) is 46.5 Å². The predicted molar refractivity (Wildman–Crippen MR) is 70.0 cm³/mol. The summed E-state index contributed by atoms with van der Waals surface area (Å²) in [5.74, 6) is 0.655. The van der Waals surface area contributed by atoms with Crippen LogP contribution in [-0.4, -0.2) is 26.2 Å². The Hall–Kier alpha value is -2.28. The fourth-order valence-electron chi connectivity index (χ4n) is 1.76. The molecule has 100 valence electrons. The van der Waals surface area contributed by atoms with Crippen LogP contribution in [0.25, 0.3) is 5.69 Å². The van der Waals surface area contributed by atoms with Gasteiger partial charge in [0.15, 0.2) is 0 Å². The SMILES string of the molecule is CCCNCc1ncnn1-c1ccccc1[N+](=O)[O-]. The van der Waals surface area contributed by atoms with Gasteiger partial charge in [0.05, 0.1) is 11.5 Å². The molecule has 0 fully saturated rings. The standard InChI is InChI=1S/C12H15N5O2/c1-2-7-13-8-12-14-9-15-16(12)10-5-3-4-6-11(10)17(18)19/h3-6,9,13H,2,7-8H2,1H3. The van der Waals surface area contributed by atoms with Crippen LogP contribution in [0.15, 0.2) is 30.6 Å². The predicted octanol–water partition coefficient (Wildman–Crippen LogP) is 1.68. The maximum Gasteiger partial charge on any atom is 0.294 e. The van der Waals surface area contributed by atoms with Gasteiger partial charge in [-0.2, -0.15) is 5.10 Å². The molecule has 0 aliphatic rings. The van der Waals surface area contributed by atoms with Crippen LogP contribution in [0.1, 0.15) is 19.2 Å². The maximum atomic E-state index is 11.0. The van der Waals surface area contributed by atoms with E-state index in [0.717, 1.165) is 13.0 Å². The molecule has 1 aromatic heterocycles. The zero-order chi connectivity index (χ0) is 13.7. The van der Waals surface area contributed by atoms with Crippen LogP contribution in [0.2, 0.25) is 0 Å². The van der Waals surface area contributed by atoms with Crippen LogP contribution < -0.4 is 5.32 Å². The monoisotopic (exact) mass is 261 g/mol. The van der Waals surface area contributed by atoms with Crippen molar-refractivity contribution >= 4 is 5.69 Å². The van der Waals surface area contributed by atoms with Crippen LogP contribution >= 0.6 is 0 Å². The smallest absolute Gasteiger partial charge is 0.294 e. The van der Waals surface area contributed by atoms with Crippen molar-refractivity contribution < 1.29 is 4.92 Å². The highest BCUT2D eigenvalue weighted by Crippen LogP contribution is 2.22. The second-order valence-corrected chi connectivity index (χ2v) is 4.01. The van der Waals surface area contributed by atoms with Crippen molar-refractivity contribution in [2.75, 3.05) is 6.54 Å². The van der Waals surface area contributed by atoms with Crippen LogP contribution in [0.3, 0.4) is 0 Å². The first-order chi connectivity index (χ1) is 9.24. The topological polar surface area (TPSA) is 85.9 Å². The van der Waals surface area contributed by atoms with Gasteiger partial charge >= 0.3 is 0 Å². The van der Waals surface area contributed by atoms with Crippen LogP contribution in [0, 0.1) is 10.1 Å². The number of hydrogen-bond acceptors (Lipinski definition) is 5. The molecule has 0 radical (unpaired) electrons. The van der Waals surface area contributed by atoms with Crippen LogP contribution in [0.4, 0.5) is 5.69 Å². The lowest BCUT2D eigenvalue weighted by molar-refractivity contribution is -0.384. The van der Waals surface area contributed by atoms with Gasteiger partial charge < -0.3 is 5.32 Å².